The molecule has 0 aliphatic rings. The number of fused-ring (bicyclic) bond motifs is 1. The van der Waals surface area contributed by atoms with Crippen LogP contribution in [0.4, 0.5) is 0 Å². The number of aromatic nitrogens is 3. The van der Waals surface area contributed by atoms with Gasteiger partial charge in [0.05, 0.1) is 10.9 Å². The third kappa shape index (κ3) is 1.61. The summed E-state index contributed by atoms with van der Waals surface area (Å²) in [5, 5.41) is 16.4. The van der Waals surface area contributed by atoms with Crippen LogP contribution in [0.15, 0.2) is 10.7 Å². The van der Waals surface area contributed by atoms with Crippen LogP contribution in [0.2, 0.25) is 0 Å². The molecule has 0 amide bonds. The van der Waals surface area contributed by atoms with E-state index in [-0.39, 0.29) is 5.56 Å². The van der Waals surface area contributed by atoms with Gasteiger partial charge in [-0.25, -0.2) is 9.78 Å². The van der Waals surface area contributed by atoms with Crippen molar-refractivity contribution in [3.05, 3.63) is 21.9 Å². The molecule has 0 aliphatic carbocycles. The van der Waals surface area contributed by atoms with Crippen molar-refractivity contribution >= 4 is 32.9 Å². The maximum Gasteiger partial charge on any atom is 0.336 e. The number of aromatic carboxylic acids is 1. The summed E-state index contributed by atoms with van der Waals surface area (Å²) in [5.41, 5.74) is 1.44. The normalized spacial score (nSPS) is 10.8. The highest BCUT2D eigenvalue weighted by Crippen LogP contribution is 2.23. The summed E-state index contributed by atoms with van der Waals surface area (Å²) in [4.78, 5) is 15.1. The van der Waals surface area contributed by atoms with Gasteiger partial charge in [0.2, 0.25) is 0 Å². The van der Waals surface area contributed by atoms with E-state index in [1.807, 2.05) is 6.92 Å². The van der Waals surface area contributed by atoms with Crippen molar-refractivity contribution in [1.29, 1.82) is 0 Å². The average Bonchev–Trinajstić information content (AvgIpc) is 2.58. The van der Waals surface area contributed by atoms with E-state index in [1.54, 1.807) is 0 Å². The van der Waals surface area contributed by atoms with Crippen molar-refractivity contribution < 1.29 is 9.90 Å². The third-order valence-corrected chi connectivity index (χ3v) is 2.56. The van der Waals surface area contributed by atoms with Gasteiger partial charge in [0.15, 0.2) is 5.65 Å². The molecular weight excluding hydrogens is 262 g/mol. The Balaban J connectivity index is 2.85. The van der Waals surface area contributed by atoms with Crippen molar-refractivity contribution in [3.63, 3.8) is 0 Å². The molecule has 2 aromatic rings. The second kappa shape index (κ2) is 3.62. The van der Waals surface area contributed by atoms with E-state index in [0.29, 0.717) is 22.1 Å². The molecule has 2 heterocycles. The van der Waals surface area contributed by atoms with Crippen molar-refractivity contribution in [2.24, 2.45) is 0 Å². The summed E-state index contributed by atoms with van der Waals surface area (Å²) < 4.78 is 0.474. The van der Waals surface area contributed by atoms with Crippen molar-refractivity contribution in [2.75, 3.05) is 0 Å². The summed E-state index contributed by atoms with van der Waals surface area (Å²) in [6.45, 7) is 1.93. The number of H-pyrrole nitrogens is 1. The molecule has 0 atom stereocenters. The molecule has 0 bridgehead atoms. The Labute approximate surface area is 93.6 Å². The van der Waals surface area contributed by atoms with Gasteiger partial charge in [-0.15, -0.1) is 0 Å². The van der Waals surface area contributed by atoms with Crippen LogP contribution >= 0.6 is 15.9 Å². The number of nitrogens with one attached hydrogen (secondary N) is 1. The summed E-state index contributed by atoms with van der Waals surface area (Å²) in [7, 11) is 0. The second-order valence-electron chi connectivity index (χ2n) is 3.05. The van der Waals surface area contributed by atoms with Crippen LogP contribution in [-0.4, -0.2) is 26.3 Å². The first kappa shape index (κ1) is 10.1. The fourth-order valence-electron chi connectivity index (χ4n) is 1.48. The zero-order chi connectivity index (χ0) is 11.0. The number of hydrogen-bond donors (Lipinski definition) is 2. The topological polar surface area (TPSA) is 78.9 Å². The van der Waals surface area contributed by atoms with E-state index in [4.69, 9.17) is 5.11 Å². The van der Waals surface area contributed by atoms with E-state index in [1.165, 1.54) is 6.07 Å². The predicted octanol–water partition coefficient (Wildman–Crippen LogP) is 1.98. The molecule has 0 spiro atoms. The van der Waals surface area contributed by atoms with Crippen molar-refractivity contribution in [2.45, 2.75) is 13.3 Å². The van der Waals surface area contributed by atoms with Gasteiger partial charge in [0.25, 0.3) is 0 Å². The van der Waals surface area contributed by atoms with Crippen LogP contribution in [0, 0.1) is 0 Å². The van der Waals surface area contributed by atoms with E-state index in [2.05, 4.69) is 31.1 Å². The molecule has 2 aromatic heterocycles. The zero-order valence-corrected chi connectivity index (χ0v) is 9.50. The van der Waals surface area contributed by atoms with Gasteiger partial charge in [0, 0.05) is 5.69 Å². The van der Waals surface area contributed by atoms with Gasteiger partial charge in [0.1, 0.15) is 4.60 Å². The first-order valence-corrected chi connectivity index (χ1v) is 5.19. The highest BCUT2D eigenvalue weighted by atomic mass is 79.9. The second-order valence-corrected chi connectivity index (χ2v) is 3.86. The molecule has 0 saturated heterocycles. The van der Waals surface area contributed by atoms with Crippen LogP contribution in [-0.2, 0) is 6.42 Å². The summed E-state index contributed by atoms with van der Waals surface area (Å²) in [6, 6.07) is 1.49. The lowest BCUT2D eigenvalue weighted by molar-refractivity contribution is 0.0699. The van der Waals surface area contributed by atoms with Gasteiger partial charge in [-0.05, 0) is 28.4 Å². The van der Waals surface area contributed by atoms with Crippen LogP contribution in [0.5, 0.6) is 0 Å². The number of aromatic amines is 1. The fraction of sp³-hybridized carbons (Fsp3) is 0.222. The van der Waals surface area contributed by atoms with Gasteiger partial charge in [-0.3, -0.25) is 5.10 Å². The average molecular weight is 270 g/mol. The number of hydrogen-bond acceptors (Lipinski definition) is 3. The van der Waals surface area contributed by atoms with E-state index < -0.39 is 5.97 Å². The fourth-order valence-corrected chi connectivity index (χ4v) is 1.88. The number of carboxylic acids is 1. The van der Waals surface area contributed by atoms with Crippen LogP contribution in [0.25, 0.3) is 11.0 Å². The molecule has 2 N–H and O–H groups in total. The quantitative estimate of drug-likeness (QED) is 0.818. The maximum absolute atomic E-state index is 11.0. The highest BCUT2D eigenvalue weighted by molar-refractivity contribution is 9.10. The maximum atomic E-state index is 11.0. The lowest BCUT2D eigenvalue weighted by Gasteiger charge is -1.99. The Bertz CT molecular complexity index is 535. The van der Waals surface area contributed by atoms with E-state index in [9.17, 15) is 4.79 Å². The lowest BCUT2D eigenvalue weighted by Crippen LogP contribution is -1.99. The minimum absolute atomic E-state index is 0.220. The molecule has 0 fully saturated rings. The molecule has 6 heteroatoms. The molecule has 0 aliphatic heterocycles. The minimum Gasteiger partial charge on any atom is -0.478 e. The van der Waals surface area contributed by atoms with E-state index >= 15 is 0 Å². The third-order valence-electron chi connectivity index (χ3n) is 2.15. The zero-order valence-electron chi connectivity index (χ0n) is 7.91. The molecule has 0 unspecified atom stereocenters. The molecular formula is C9H8BrN3O2. The molecule has 15 heavy (non-hydrogen) atoms. The smallest absolute Gasteiger partial charge is 0.336 e. The van der Waals surface area contributed by atoms with E-state index in [0.717, 1.165) is 5.69 Å². The number of nitrogens with zero attached hydrogens (tertiary/aromatic N) is 2. The molecule has 0 saturated carbocycles. The summed E-state index contributed by atoms with van der Waals surface area (Å²) >= 11 is 3.15. The van der Waals surface area contributed by atoms with Crippen LogP contribution < -0.4 is 0 Å². The number of halogens is 1. The van der Waals surface area contributed by atoms with Gasteiger partial charge in [-0.1, -0.05) is 6.92 Å². The molecule has 2 rings (SSSR count). The monoisotopic (exact) mass is 269 g/mol. The minimum atomic E-state index is -0.973. The first-order valence-electron chi connectivity index (χ1n) is 4.40. The molecule has 0 aromatic carbocycles. The standard InChI is InChI=1S/C9H8BrN3O2/c1-2-5-7-4(9(14)15)3-6(10)11-8(7)13-12-5/h3H,2H2,1H3,(H,14,15)(H,11,12,13). The van der Waals surface area contributed by atoms with Crippen LogP contribution in [0.3, 0.4) is 0 Å². The predicted molar refractivity (Wildman–Crippen MR) is 57.9 cm³/mol. The van der Waals surface area contributed by atoms with Gasteiger partial charge >= 0.3 is 5.97 Å². The Hall–Kier alpha value is -1.43. The number of aryl methyl sites for hydroxylation is 1. The molecule has 5 nitrogen and oxygen atoms in total. The van der Waals surface area contributed by atoms with Crippen molar-refractivity contribution in [3.8, 4) is 0 Å². The highest BCUT2D eigenvalue weighted by Gasteiger charge is 2.16. The first-order chi connectivity index (χ1) is 7.13. The molecule has 78 valence electrons. The Morgan fingerprint density at radius 3 is 3.00 bits per heavy atom. The summed E-state index contributed by atoms with van der Waals surface area (Å²) in [6.07, 6.45) is 0.695. The number of carbonyl (C=O) groups is 1. The SMILES string of the molecule is CCc1[nH]nc2nc(Br)cc(C(=O)O)c12. The van der Waals surface area contributed by atoms with Gasteiger partial charge < -0.3 is 5.11 Å². The molecule has 0 radical (unpaired) electrons. The lowest BCUT2D eigenvalue weighted by atomic mass is 10.1. The Kier molecular flexibility index (Phi) is 2.44. The Morgan fingerprint density at radius 2 is 2.40 bits per heavy atom. The largest absolute Gasteiger partial charge is 0.478 e. The summed E-state index contributed by atoms with van der Waals surface area (Å²) in [5.74, 6) is -0.973. The van der Waals surface area contributed by atoms with Gasteiger partial charge in [-0.2, -0.15) is 5.10 Å². The van der Waals surface area contributed by atoms with Crippen LogP contribution in [0.1, 0.15) is 23.0 Å². The van der Waals surface area contributed by atoms with Crippen molar-refractivity contribution in [1.82, 2.24) is 15.2 Å². The Morgan fingerprint density at radius 1 is 1.67 bits per heavy atom. The number of pyridine rings is 1. The number of rotatable bonds is 2. The number of carboxylic acid groups (broad SMARTS) is 1.